The van der Waals surface area contributed by atoms with Crippen LogP contribution in [0, 0.1) is 6.92 Å². The first-order valence-corrected chi connectivity index (χ1v) is 9.43. The van der Waals surface area contributed by atoms with Crippen molar-refractivity contribution in [3.05, 3.63) is 35.0 Å². The minimum absolute atomic E-state index is 0.00467. The lowest BCUT2D eigenvalue weighted by atomic mass is 9.85. The second-order valence-electron chi connectivity index (χ2n) is 6.74. The van der Waals surface area contributed by atoms with Gasteiger partial charge in [-0.15, -0.1) is 0 Å². The third-order valence-electron chi connectivity index (χ3n) is 4.86. The van der Waals surface area contributed by atoms with Crippen LogP contribution in [0.5, 0.6) is 11.5 Å². The van der Waals surface area contributed by atoms with Crippen LogP contribution in [0.4, 0.5) is 5.82 Å². The van der Waals surface area contributed by atoms with Crippen molar-refractivity contribution in [2.24, 2.45) is 0 Å². The second kappa shape index (κ2) is 8.77. The van der Waals surface area contributed by atoms with Crippen LogP contribution in [0.3, 0.4) is 0 Å². The van der Waals surface area contributed by atoms with Crippen molar-refractivity contribution < 1.29 is 24.2 Å². The Kier molecular flexibility index (Phi) is 6.18. The number of carboxylic acid groups (broad SMARTS) is 1. The normalized spacial score (nSPS) is 17.1. The lowest BCUT2D eigenvalue weighted by Crippen LogP contribution is -2.25. The van der Waals surface area contributed by atoms with Gasteiger partial charge >= 0.3 is 0 Å². The number of amides is 1. The predicted molar refractivity (Wildman–Crippen MR) is 103 cm³/mol. The van der Waals surface area contributed by atoms with Gasteiger partial charge in [0, 0.05) is 24.4 Å². The molecule has 2 aromatic rings. The van der Waals surface area contributed by atoms with E-state index in [2.05, 4.69) is 17.3 Å². The molecule has 4 rings (SSSR count). The zero-order chi connectivity index (χ0) is 20.1. The highest BCUT2D eigenvalue weighted by Gasteiger charge is 2.32. The summed E-state index contributed by atoms with van der Waals surface area (Å²) in [5.74, 6) is 2.40. The van der Waals surface area contributed by atoms with Gasteiger partial charge in [-0.1, -0.05) is 19.4 Å². The van der Waals surface area contributed by atoms with Crippen LogP contribution in [-0.4, -0.2) is 40.5 Å². The van der Waals surface area contributed by atoms with Crippen LogP contribution >= 0.6 is 0 Å². The van der Waals surface area contributed by atoms with Crippen LogP contribution in [0.25, 0.3) is 0 Å². The van der Waals surface area contributed by atoms with Crippen molar-refractivity contribution >= 4 is 18.2 Å². The minimum Gasteiger partial charge on any atom is -0.486 e. The topological polar surface area (TPSA) is 103 Å². The summed E-state index contributed by atoms with van der Waals surface area (Å²) >= 11 is 0. The Balaban J connectivity index is 0.000000706. The predicted octanol–water partition coefficient (Wildman–Crippen LogP) is 2.94. The molecule has 3 heterocycles. The van der Waals surface area contributed by atoms with E-state index in [0.717, 1.165) is 53.5 Å². The summed E-state index contributed by atoms with van der Waals surface area (Å²) in [4.78, 5) is 20.7. The molecule has 0 saturated carbocycles. The number of carbonyl (C=O) groups is 2. The summed E-state index contributed by atoms with van der Waals surface area (Å²) in [7, 11) is 0. The van der Waals surface area contributed by atoms with E-state index in [-0.39, 0.29) is 18.3 Å². The van der Waals surface area contributed by atoms with Crippen LogP contribution < -0.4 is 14.8 Å². The molecule has 0 radical (unpaired) electrons. The first-order chi connectivity index (χ1) is 13.6. The quantitative estimate of drug-likeness (QED) is 0.782. The Labute approximate surface area is 163 Å². The number of ether oxygens (including phenoxy) is 2. The fourth-order valence-corrected chi connectivity index (χ4v) is 3.65. The number of fused-ring (bicyclic) bond motifs is 2. The number of hydrogen-bond donors (Lipinski definition) is 2. The van der Waals surface area contributed by atoms with E-state index >= 15 is 0 Å². The van der Waals surface area contributed by atoms with Gasteiger partial charge in [-0.05, 0) is 31.0 Å². The van der Waals surface area contributed by atoms with Crippen LogP contribution in [0.2, 0.25) is 0 Å². The lowest BCUT2D eigenvalue weighted by Gasteiger charge is -2.26. The molecule has 8 heteroatoms. The van der Waals surface area contributed by atoms with Gasteiger partial charge in [0.2, 0.25) is 5.91 Å². The molecule has 0 fully saturated rings. The van der Waals surface area contributed by atoms with Crippen molar-refractivity contribution in [1.29, 1.82) is 0 Å². The maximum absolute atomic E-state index is 12.3. The van der Waals surface area contributed by atoms with E-state index in [1.165, 1.54) is 0 Å². The van der Waals surface area contributed by atoms with Gasteiger partial charge in [-0.2, -0.15) is 5.10 Å². The van der Waals surface area contributed by atoms with Crippen molar-refractivity contribution in [2.75, 3.05) is 18.5 Å². The average Bonchev–Trinajstić information content (AvgIpc) is 3.01. The largest absolute Gasteiger partial charge is 0.486 e. The Bertz CT molecular complexity index is 862. The van der Waals surface area contributed by atoms with Gasteiger partial charge in [0.15, 0.2) is 11.5 Å². The molecule has 1 amide bonds. The zero-order valence-corrected chi connectivity index (χ0v) is 16.1. The van der Waals surface area contributed by atoms with Gasteiger partial charge < -0.3 is 19.9 Å². The van der Waals surface area contributed by atoms with E-state index < -0.39 is 0 Å². The molecular weight excluding hydrogens is 362 g/mol. The van der Waals surface area contributed by atoms with Gasteiger partial charge in [0.05, 0.1) is 5.69 Å². The number of benzene rings is 1. The number of rotatable bonds is 4. The highest BCUT2D eigenvalue weighted by molar-refractivity contribution is 5.94. The summed E-state index contributed by atoms with van der Waals surface area (Å²) in [5.41, 5.74) is 3.16. The lowest BCUT2D eigenvalue weighted by molar-refractivity contribution is -0.123. The Morgan fingerprint density at radius 2 is 2.04 bits per heavy atom. The molecule has 1 unspecified atom stereocenters. The molecule has 0 bridgehead atoms. The molecule has 2 aliphatic rings. The summed E-state index contributed by atoms with van der Waals surface area (Å²) in [6, 6.07) is 5.97. The first kappa shape index (κ1) is 19.7. The molecule has 1 atom stereocenters. The third-order valence-corrected chi connectivity index (χ3v) is 4.86. The molecule has 8 nitrogen and oxygen atoms in total. The number of aromatic nitrogens is 2. The molecule has 0 aliphatic carbocycles. The molecule has 1 aromatic carbocycles. The number of aryl methyl sites for hydroxylation is 2. The van der Waals surface area contributed by atoms with E-state index in [1.807, 2.05) is 29.8 Å². The highest BCUT2D eigenvalue weighted by Crippen LogP contribution is 2.42. The monoisotopic (exact) mass is 387 g/mol. The van der Waals surface area contributed by atoms with Gasteiger partial charge in [0.1, 0.15) is 19.0 Å². The van der Waals surface area contributed by atoms with Crippen molar-refractivity contribution in [3.8, 4) is 11.5 Å². The third kappa shape index (κ3) is 3.95. The summed E-state index contributed by atoms with van der Waals surface area (Å²) in [5, 5.41) is 14.6. The zero-order valence-electron chi connectivity index (χ0n) is 16.1. The number of hydrogen-bond acceptors (Lipinski definition) is 5. The van der Waals surface area contributed by atoms with E-state index in [4.69, 9.17) is 19.4 Å². The van der Waals surface area contributed by atoms with E-state index in [0.29, 0.717) is 19.6 Å². The summed E-state index contributed by atoms with van der Waals surface area (Å²) in [6.07, 6.45) is 2.55. The second-order valence-corrected chi connectivity index (χ2v) is 6.74. The number of nitrogens with one attached hydrogen (secondary N) is 1. The number of carbonyl (C=O) groups excluding carboxylic acids is 1. The van der Waals surface area contributed by atoms with Gasteiger partial charge in [-0.3, -0.25) is 9.59 Å². The fraction of sp³-hybridized carbons (Fsp3) is 0.450. The van der Waals surface area contributed by atoms with Crippen LogP contribution in [0.1, 0.15) is 48.9 Å². The maximum Gasteiger partial charge on any atom is 0.290 e. The van der Waals surface area contributed by atoms with E-state index in [1.54, 1.807) is 0 Å². The molecule has 2 aliphatic heterocycles. The number of anilines is 1. The maximum atomic E-state index is 12.3. The minimum atomic E-state index is -0.250. The SMILES string of the molecule is CCCCn1nc(C)c2c1NC(=O)CC2c1ccc2c(c1)OCCO2.O=CO. The summed E-state index contributed by atoms with van der Waals surface area (Å²) in [6.45, 7) is 5.87. The van der Waals surface area contributed by atoms with Gasteiger partial charge in [0.25, 0.3) is 6.47 Å². The molecule has 2 N–H and O–H groups in total. The van der Waals surface area contributed by atoms with Crippen LogP contribution in [-0.2, 0) is 16.1 Å². The molecule has 0 saturated heterocycles. The first-order valence-electron chi connectivity index (χ1n) is 9.43. The van der Waals surface area contributed by atoms with Crippen LogP contribution in [0.15, 0.2) is 18.2 Å². The smallest absolute Gasteiger partial charge is 0.290 e. The van der Waals surface area contributed by atoms with Gasteiger partial charge in [-0.25, -0.2) is 4.68 Å². The Morgan fingerprint density at radius 1 is 1.32 bits per heavy atom. The highest BCUT2D eigenvalue weighted by atomic mass is 16.6. The van der Waals surface area contributed by atoms with E-state index in [9.17, 15) is 4.79 Å². The molecule has 28 heavy (non-hydrogen) atoms. The van der Waals surface area contributed by atoms with Crippen molar-refractivity contribution in [3.63, 3.8) is 0 Å². The standard InChI is InChI=1S/C19H23N3O3.CH2O2/c1-3-4-7-22-19-18(12(2)21-22)14(11-17(23)20-19)13-5-6-15-16(10-13)25-9-8-24-15;2-1-3/h5-6,10,14H,3-4,7-9,11H2,1-2H3,(H,20,23);1H,(H,2,3). The Morgan fingerprint density at radius 3 is 2.75 bits per heavy atom. The van der Waals surface area contributed by atoms with Crippen molar-refractivity contribution in [2.45, 2.75) is 45.6 Å². The average molecular weight is 387 g/mol. The molecular formula is C20H25N3O5. The molecule has 1 aromatic heterocycles. The molecule has 150 valence electrons. The summed E-state index contributed by atoms with van der Waals surface area (Å²) < 4.78 is 13.3. The number of nitrogens with zero attached hydrogens (tertiary/aromatic N) is 2. The molecule has 0 spiro atoms. The number of unbranched alkanes of at least 4 members (excludes halogenated alkanes) is 1. The van der Waals surface area contributed by atoms with Crippen molar-refractivity contribution in [1.82, 2.24) is 9.78 Å². The fourth-order valence-electron chi connectivity index (χ4n) is 3.65. The Hall–Kier alpha value is -3.03.